The maximum atomic E-state index is 14.2. The number of benzene rings is 1. The summed E-state index contributed by atoms with van der Waals surface area (Å²) >= 11 is 1.53. The van der Waals surface area contributed by atoms with E-state index in [9.17, 15) is 14.0 Å². The second kappa shape index (κ2) is 11.1. The van der Waals surface area contributed by atoms with Crippen LogP contribution >= 0.6 is 11.3 Å². The van der Waals surface area contributed by atoms with Crippen LogP contribution in [0.25, 0.3) is 0 Å². The third-order valence-electron chi connectivity index (χ3n) is 6.86. The molecular weight excluding hydrogens is 423 g/mol. The van der Waals surface area contributed by atoms with E-state index in [1.54, 1.807) is 17.0 Å². The zero-order valence-corrected chi connectivity index (χ0v) is 19.4. The first-order valence-corrected chi connectivity index (χ1v) is 12.9. The maximum absolute atomic E-state index is 14.2. The normalized spacial score (nSPS) is 18.8. The van der Waals surface area contributed by atoms with Gasteiger partial charge >= 0.3 is 0 Å². The summed E-state index contributed by atoms with van der Waals surface area (Å²) in [6, 6.07) is 9.57. The lowest BCUT2D eigenvalue weighted by Gasteiger charge is -2.37. The number of carbonyl (C=O) groups excluding carboxylic acids is 2. The SMILES string of the molecule is O=C(NC1CCCC1)C(C1CCCCCC1)N(C(=O)Cc1cccs1)c1cccc(F)c1. The van der Waals surface area contributed by atoms with Crippen LogP contribution in [0.4, 0.5) is 10.1 Å². The number of halogens is 1. The molecule has 1 aromatic carbocycles. The minimum absolute atomic E-state index is 0.0763. The number of hydrogen-bond donors (Lipinski definition) is 1. The van der Waals surface area contributed by atoms with E-state index in [4.69, 9.17) is 0 Å². The number of anilines is 1. The van der Waals surface area contributed by atoms with Crippen molar-refractivity contribution in [1.82, 2.24) is 5.32 Å². The van der Waals surface area contributed by atoms with Crippen molar-refractivity contribution in [3.63, 3.8) is 0 Å². The second-order valence-corrected chi connectivity index (χ2v) is 10.2. The fourth-order valence-corrected chi connectivity index (χ4v) is 5.95. The predicted molar refractivity (Wildman–Crippen MR) is 127 cm³/mol. The molecule has 4 nitrogen and oxygen atoms in total. The minimum Gasteiger partial charge on any atom is -0.352 e. The molecule has 4 rings (SSSR count). The largest absolute Gasteiger partial charge is 0.352 e. The Morgan fingerprint density at radius 2 is 1.72 bits per heavy atom. The lowest BCUT2D eigenvalue weighted by Crippen LogP contribution is -2.55. The molecule has 0 bridgehead atoms. The Morgan fingerprint density at radius 3 is 2.38 bits per heavy atom. The molecule has 0 saturated heterocycles. The molecule has 2 saturated carbocycles. The standard InChI is InChI=1S/C26H33FN2O2S/c27-20-11-7-14-22(17-20)29(24(30)18-23-15-8-16-32-23)25(19-9-3-1-2-4-10-19)26(31)28-21-12-5-6-13-21/h7-8,11,14-17,19,21,25H,1-6,9-10,12-13,18H2,(H,28,31). The summed E-state index contributed by atoms with van der Waals surface area (Å²) in [5.41, 5.74) is 0.474. The van der Waals surface area contributed by atoms with Crippen molar-refractivity contribution in [3.05, 3.63) is 52.5 Å². The van der Waals surface area contributed by atoms with Crippen molar-refractivity contribution in [2.45, 2.75) is 82.7 Å². The van der Waals surface area contributed by atoms with Crippen LogP contribution in [-0.2, 0) is 16.0 Å². The first-order chi connectivity index (χ1) is 15.6. The number of carbonyl (C=O) groups is 2. The summed E-state index contributed by atoms with van der Waals surface area (Å²) < 4.78 is 14.2. The molecule has 2 fully saturated rings. The highest BCUT2D eigenvalue weighted by Crippen LogP contribution is 2.32. The van der Waals surface area contributed by atoms with Crippen LogP contribution in [-0.4, -0.2) is 23.9 Å². The number of rotatable bonds is 7. The third-order valence-corrected chi connectivity index (χ3v) is 7.73. The maximum Gasteiger partial charge on any atom is 0.243 e. The summed E-state index contributed by atoms with van der Waals surface area (Å²) in [4.78, 5) is 30.0. The Hall–Kier alpha value is -2.21. The zero-order valence-electron chi connectivity index (χ0n) is 18.6. The van der Waals surface area contributed by atoms with Crippen LogP contribution in [0.1, 0.15) is 69.1 Å². The molecule has 1 aromatic heterocycles. The number of hydrogen-bond acceptors (Lipinski definition) is 3. The van der Waals surface area contributed by atoms with Gasteiger partial charge in [0.25, 0.3) is 0 Å². The number of amides is 2. The van der Waals surface area contributed by atoms with Gasteiger partial charge in [0.1, 0.15) is 11.9 Å². The molecule has 1 N–H and O–H groups in total. The summed E-state index contributed by atoms with van der Waals surface area (Å²) in [7, 11) is 0. The van der Waals surface area contributed by atoms with Gasteiger partial charge in [-0.2, -0.15) is 0 Å². The van der Waals surface area contributed by atoms with Gasteiger partial charge in [0.05, 0.1) is 6.42 Å². The quantitative estimate of drug-likeness (QED) is 0.531. The Labute approximate surface area is 194 Å². The Morgan fingerprint density at radius 1 is 1.00 bits per heavy atom. The highest BCUT2D eigenvalue weighted by Gasteiger charge is 2.38. The van der Waals surface area contributed by atoms with Crippen LogP contribution in [0.5, 0.6) is 0 Å². The Balaban J connectivity index is 1.69. The summed E-state index contributed by atoms with van der Waals surface area (Å²) in [6.07, 6.45) is 10.7. The van der Waals surface area contributed by atoms with Gasteiger partial charge in [0.2, 0.25) is 11.8 Å². The summed E-state index contributed by atoms with van der Waals surface area (Å²) in [5, 5.41) is 5.20. The van der Waals surface area contributed by atoms with Crippen molar-refractivity contribution in [2.24, 2.45) is 5.92 Å². The Bertz CT molecular complexity index is 887. The molecule has 0 spiro atoms. The number of nitrogens with zero attached hydrogens (tertiary/aromatic N) is 1. The fraction of sp³-hybridized carbons (Fsp3) is 0.538. The van der Waals surface area contributed by atoms with E-state index in [1.807, 2.05) is 17.5 Å². The van der Waals surface area contributed by atoms with Gasteiger partial charge in [0.15, 0.2) is 0 Å². The first kappa shape index (κ1) is 23.0. The van der Waals surface area contributed by atoms with Crippen molar-refractivity contribution in [2.75, 3.05) is 4.90 Å². The van der Waals surface area contributed by atoms with Crippen LogP contribution in [0.15, 0.2) is 41.8 Å². The molecule has 1 atom stereocenters. The average molecular weight is 457 g/mol. The lowest BCUT2D eigenvalue weighted by molar-refractivity contribution is -0.128. The monoisotopic (exact) mass is 456 g/mol. The topological polar surface area (TPSA) is 49.4 Å². The van der Waals surface area contributed by atoms with E-state index in [1.165, 1.54) is 23.5 Å². The van der Waals surface area contributed by atoms with E-state index in [0.29, 0.717) is 5.69 Å². The second-order valence-electron chi connectivity index (χ2n) is 9.19. The molecule has 32 heavy (non-hydrogen) atoms. The van der Waals surface area contributed by atoms with Gasteiger partial charge in [-0.3, -0.25) is 14.5 Å². The minimum atomic E-state index is -0.608. The average Bonchev–Trinajstić information content (AvgIpc) is 3.41. The van der Waals surface area contributed by atoms with Crippen LogP contribution in [0, 0.1) is 11.7 Å². The van der Waals surface area contributed by atoms with Crippen LogP contribution in [0.2, 0.25) is 0 Å². The number of nitrogens with one attached hydrogen (secondary N) is 1. The molecule has 6 heteroatoms. The summed E-state index contributed by atoms with van der Waals surface area (Å²) in [6.45, 7) is 0. The third kappa shape index (κ3) is 5.77. The zero-order chi connectivity index (χ0) is 22.3. The highest BCUT2D eigenvalue weighted by molar-refractivity contribution is 7.10. The van der Waals surface area contributed by atoms with E-state index >= 15 is 0 Å². The molecule has 0 aliphatic heterocycles. The molecule has 1 heterocycles. The van der Waals surface area contributed by atoms with Gasteiger partial charge < -0.3 is 5.32 Å². The van der Waals surface area contributed by atoms with Gasteiger partial charge in [-0.15, -0.1) is 11.3 Å². The molecular formula is C26H33FN2O2S. The van der Waals surface area contributed by atoms with Gasteiger partial charge in [-0.25, -0.2) is 4.39 Å². The van der Waals surface area contributed by atoms with E-state index < -0.39 is 11.9 Å². The molecule has 2 aliphatic rings. The molecule has 0 radical (unpaired) electrons. The Kier molecular flexibility index (Phi) is 7.95. The van der Waals surface area contributed by atoms with E-state index in [-0.39, 0.29) is 30.2 Å². The van der Waals surface area contributed by atoms with Crippen molar-refractivity contribution < 1.29 is 14.0 Å². The molecule has 2 aliphatic carbocycles. The van der Waals surface area contributed by atoms with Gasteiger partial charge in [-0.05, 0) is 61.2 Å². The predicted octanol–water partition coefficient (Wildman–Crippen LogP) is 5.86. The van der Waals surface area contributed by atoms with Crippen molar-refractivity contribution in [1.29, 1.82) is 0 Å². The number of thiophene rings is 1. The molecule has 2 amide bonds. The van der Waals surface area contributed by atoms with Gasteiger partial charge in [-0.1, -0.05) is 50.7 Å². The van der Waals surface area contributed by atoms with E-state index in [2.05, 4.69) is 5.32 Å². The van der Waals surface area contributed by atoms with Crippen molar-refractivity contribution >= 4 is 28.8 Å². The highest BCUT2D eigenvalue weighted by atomic mass is 32.1. The smallest absolute Gasteiger partial charge is 0.243 e. The van der Waals surface area contributed by atoms with Gasteiger partial charge in [0, 0.05) is 16.6 Å². The van der Waals surface area contributed by atoms with Crippen LogP contribution < -0.4 is 10.2 Å². The fourth-order valence-electron chi connectivity index (χ4n) is 5.26. The summed E-state index contributed by atoms with van der Waals surface area (Å²) in [5.74, 6) is -0.539. The molecule has 1 unspecified atom stereocenters. The molecule has 172 valence electrons. The van der Waals surface area contributed by atoms with E-state index in [0.717, 1.165) is 69.1 Å². The lowest BCUT2D eigenvalue weighted by atomic mass is 9.89. The van der Waals surface area contributed by atoms with Crippen molar-refractivity contribution in [3.8, 4) is 0 Å². The first-order valence-electron chi connectivity index (χ1n) is 12.0. The molecule has 2 aromatic rings. The van der Waals surface area contributed by atoms with Crippen LogP contribution in [0.3, 0.4) is 0 Å².